The van der Waals surface area contributed by atoms with Crippen LogP contribution in [0.2, 0.25) is 0 Å². The third-order valence-electron chi connectivity index (χ3n) is 3.80. The molecule has 1 aliphatic heterocycles. The van der Waals surface area contributed by atoms with Gasteiger partial charge in [0.2, 0.25) is 0 Å². The normalized spacial score (nSPS) is 23.3. The smallest absolute Gasteiger partial charge is 0.186 e. The van der Waals surface area contributed by atoms with Crippen LogP contribution in [-0.2, 0) is 11.2 Å². The molecule has 0 amide bonds. The first kappa shape index (κ1) is 13.1. The van der Waals surface area contributed by atoms with Gasteiger partial charge in [-0.15, -0.1) is 0 Å². The topological polar surface area (TPSA) is 32.7 Å². The maximum atomic E-state index is 10.1. The Hall–Kier alpha value is -1.32. The van der Waals surface area contributed by atoms with E-state index in [4.69, 9.17) is 4.74 Å². The number of nitrogens with zero attached hydrogens (tertiary/aromatic N) is 1. The summed E-state index contributed by atoms with van der Waals surface area (Å²) in [5, 5.41) is 10.1. The lowest BCUT2D eigenvalue weighted by Gasteiger charge is -2.44. The third-order valence-corrected chi connectivity index (χ3v) is 3.80. The molecule has 3 nitrogen and oxygen atoms in total. The van der Waals surface area contributed by atoms with Crippen molar-refractivity contribution in [2.24, 2.45) is 0 Å². The molecule has 1 aromatic carbocycles. The maximum absolute atomic E-state index is 10.1. The van der Waals surface area contributed by atoms with Gasteiger partial charge in [0.15, 0.2) is 5.72 Å². The SMILES string of the molecule is C=CC(OC)(C(C)O)N1c2ccccc2CC1C. The van der Waals surface area contributed by atoms with Crippen LogP contribution in [0.5, 0.6) is 0 Å². The summed E-state index contributed by atoms with van der Waals surface area (Å²) in [7, 11) is 1.61. The highest BCUT2D eigenvalue weighted by Gasteiger charge is 2.44. The molecule has 0 aromatic heterocycles. The fourth-order valence-electron chi connectivity index (χ4n) is 2.92. The summed E-state index contributed by atoms with van der Waals surface area (Å²) >= 11 is 0. The first-order chi connectivity index (χ1) is 8.56. The highest BCUT2D eigenvalue weighted by Crippen LogP contribution is 2.39. The highest BCUT2D eigenvalue weighted by atomic mass is 16.5. The van der Waals surface area contributed by atoms with Gasteiger partial charge in [0.1, 0.15) is 6.10 Å². The van der Waals surface area contributed by atoms with Gasteiger partial charge in [-0.1, -0.05) is 24.8 Å². The maximum Gasteiger partial charge on any atom is 0.186 e. The van der Waals surface area contributed by atoms with Crippen molar-refractivity contribution in [3.05, 3.63) is 42.5 Å². The lowest BCUT2D eigenvalue weighted by molar-refractivity contribution is -0.0644. The molecule has 0 saturated heterocycles. The molecule has 1 heterocycles. The van der Waals surface area contributed by atoms with E-state index in [1.165, 1.54) is 5.56 Å². The number of hydrogen-bond donors (Lipinski definition) is 1. The number of fused-ring (bicyclic) bond motifs is 1. The first-order valence-corrected chi connectivity index (χ1v) is 6.31. The van der Waals surface area contributed by atoms with Crippen LogP contribution < -0.4 is 4.90 Å². The Morgan fingerprint density at radius 3 is 2.78 bits per heavy atom. The van der Waals surface area contributed by atoms with Crippen LogP contribution in [0.3, 0.4) is 0 Å². The van der Waals surface area contributed by atoms with E-state index in [9.17, 15) is 5.11 Å². The summed E-state index contributed by atoms with van der Waals surface area (Å²) in [5.74, 6) is 0. The molecule has 3 heteroatoms. The number of aliphatic hydroxyl groups is 1. The zero-order chi connectivity index (χ0) is 13.3. The number of hydrogen-bond acceptors (Lipinski definition) is 3. The molecule has 0 saturated carbocycles. The number of rotatable bonds is 4. The molecule has 2 rings (SSSR count). The molecule has 3 unspecified atom stereocenters. The van der Waals surface area contributed by atoms with Gasteiger partial charge in [-0.05, 0) is 38.0 Å². The van der Waals surface area contributed by atoms with Crippen LogP contribution in [0.25, 0.3) is 0 Å². The van der Waals surface area contributed by atoms with Crippen LogP contribution in [-0.4, -0.2) is 30.1 Å². The quantitative estimate of drug-likeness (QED) is 0.829. The second kappa shape index (κ2) is 4.75. The van der Waals surface area contributed by atoms with Crippen molar-refractivity contribution in [3.8, 4) is 0 Å². The molecule has 0 fully saturated rings. The Morgan fingerprint density at radius 2 is 2.22 bits per heavy atom. The average Bonchev–Trinajstić information content (AvgIpc) is 2.69. The molecule has 98 valence electrons. The van der Waals surface area contributed by atoms with Gasteiger partial charge in [-0.2, -0.15) is 0 Å². The fraction of sp³-hybridized carbons (Fsp3) is 0.467. The minimum absolute atomic E-state index is 0.273. The van der Waals surface area contributed by atoms with Gasteiger partial charge in [0.05, 0.1) is 0 Å². The average molecular weight is 247 g/mol. The van der Waals surface area contributed by atoms with Crippen molar-refractivity contribution in [2.45, 2.75) is 38.1 Å². The van der Waals surface area contributed by atoms with Gasteiger partial charge in [-0.3, -0.25) is 0 Å². The first-order valence-electron chi connectivity index (χ1n) is 6.31. The Balaban J connectivity index is 2.52. The van der Waals surface area contributed by atoms with Crippen molar-refractivity contribution in [1.82, 2.24) is 0 Å². The van der Waals surface area contributed by atoms with Crippen molar-refractivity contribution < 1.29 is 9.84 Å². The molecule has 0 bridgehead atoms. The largest absolute Gasteiger partial charge is 0.388 e. The second-order valence-corrected chi connectivity index (χ2v) is 4.89. The van der Waals surface area contributed by atoms with Crippen molar-refractivity contribution in [1.29, 1.82) is 0 Å². The van der Waals surface area contributed by atoms with Crippen LogP contribution in [0.1, 0.15) is 19.4 Å². The zero-order valence-electron chi connectivity index (χ0n) is 11.3. The molecule has 3 atom stereocenters. The zero-order valence-corrected chi connectivity index (χ0v) is 11.3. The standard InChI is InChI=1S/C15H21NO2/c1-5-15(18-4,12(3)17)16-11(2)10-13-8-6-7-9-14(13)16/h5-9,11-12,17H,1,10H2,2-4H3. The minimum Gasteiger partial charge on any atom is -0.388 e. The number of benzene rings is 1. The lowest BCUT2D eigenvalue weighted by atomic mass is 10.0. The third kappa shape index (κ3) is 1.74. The monoisotopic (exact) mass is 247 g/mol. The van der Waals surface area contributed by atoms with Crippen LogP contribution in [0.4, 0.5) is 5.69 Å². The van der Waals surface area contributed by atoms with Gasteiger partial charge < -0.3 is 14.7 Å². The molecule has 1 N–H and O–H groups in total. The second-order valence-electron chi connectivity index (χ2n) is 4.89. The number of methoxy groups -OCH3 is 1. The van der Waals surface area contributed by atoms with E-state index in [0.717, 1.165) is 12.1 Å². The van der Waals surface area contributed by atoms with Gasteiger partial charge in [0.25, 0.3) is 0 Å². The van der Waals surface area contributed by atoms with Gasteiger partial charge in [0, 0.05) is 18.8 Å². The van der Waals surface area contributed by atoms with Crippen LogP contribution in [0.15, 0.2) is 36.9 Å². The predicted octanol–water partition coefficient (Wildman–Crippen LogP) is 2.35. The number of para-hydroxylation sites is 1. The molecular formula is C15H21NO2. The summed E-state index contributed by atoms with van der Waals surface area (Å²) < 4.78 is 5.62. The predicted molar refractivity (Wildman–Crippen MR) is 73.7 cm³/mol. The highest BCUT2D eigenvalue weighted by molar-refractivity contribution is 5.62. The Morgan fingerprint density at radius 1 is 1.56 bits per heavy atom. The lowest BCUT2D eigenvalue weighted by Crippen LogP contribution is -2.58. The summed E-state index contributed by atoms with van der Waals surface area (Å²) in [6, 6.07) is 8.51. The van der Waals surface area contributed by atoms with E-state index in [1.54, 1.807) is 20.1 Å². The molecule has 1 aromatic rings. The summed E-state index contributed by atoms with van der Waals surface area (Å²) in [4.78, 5) is 2.12. The summed E-state index contributed by atoms with van der Waals surface area (Å²) in [6.45, 7) is 7.72. The summed E-state index contributed by atoms with van der Waals surface area (Å²) in [6.07, 6.45) is 1.99. The number of aliphatic hydroxyl groups excluding tert-OH is 1. The van der Waals surface area contributed by atoms with E-state index < -0.39 is 11.8 Å². The number of anilines is 1. The van der Waals surface area contributed by atoms with Crippen molar-refractivity contribution in [3.63, 3.8) is 0 Å². The Kier molecular flexibility index (Phi) is 3.46. The van der Waals surface area contributed by atoms with Crippen molar-refractivity contribution >= 4 is 5.69 Å². The molecule has 0 radical (unpaired) electrons. The molecule has 0 aliphatic carbocycles. The minimum atomic E-state index is -0.869. The van der Waals surface area contributed by atoms with Gasteiger partial charge in [-0.25, -0.2) is 0 Å². The molecular weight excluding hydrogens is 226 g/mol. The number of ether oxygens (including phenoxy) is 1. The van der Waals surface area contributed by atoms with Gasteiger partial charge >= 0.3 is 0 Å². The Bertz CT molecular complexity index is 444. The van der Waals surface area contributed by atoms with Crippen LogP contribution >= 0.6 is 0 Å². The van der Waals surface area contributed by atoms with Crippen molar-refractivity contribution in [2.75, 3.05) is 12.0 Å². The van der Waals surface area contributed by atoms with E-state index >= 15 is 0 Å². The molecule has 18 heavy (non-hydrogen) atoms. The Labute approximate surface area is 109 Å². The molecule has 0 spiro atoms. The van der Waals surface area contributed by atoms with Crippen LogP contribution in [0, 0.1) is 0 Å². The fourth-order valence-corrected chi connectivity index (χ4v) is 2.92. The van der Waals surface area contributed by atoms with E-state index in [2.05, 4.69) is 30.5 Å². The van der Waals surface area contributed by atoms with E-state index in [0.29, 0.717) is 0 Å². The van der Waals surface area contributed by atoms with E-state index in [1.807, 2.05) is 12.1 Å². The van der Waals surface area contributed by atoms with E-state index in [-0.39, 0.29) is 6.04 Å². The molecule has 1 aliphatic rings. The summed E-state index contributed by atoms with van der Waals surface area (Å²) in [5.41, 5.74) is 1.54.